The van der Waals surface area contributed by atoms with E-state index in [4.69, 9.17) is 9.47 Å². The molecule has 0 aromatic rings. The molecule has 0 heterocycles. The fraction of sp³-hybridized carbons (Fsp3) is 0.833. The summed E-state index contributed by atoms with van der Waals surface area (Å²) in [5.41, 5.74) is -0.672. The number of carbonyl (C=O) groups is 2. The molecular formula is C12H22O4S2. The maximum Gasteiger partial charge on any atom is 0.306 e. The zero-order valence-electron chi connectivity index (χ0n) is 10.9. The van der Waals surface area contributed by atoms with E-state index in [1.807, 2.05) is 13.8 Å². The van der Waals surface area contributed by atoms with Crippen molar-refractivity contribution in [2.24, 2.45) is 0 Å². The van der Waals surface area contributed by atoms with Crippen LogP contribution in [-0.2, 0) is 19.1 Å². The quantitative estimate of drug-likeness (QED) is 0.297. The van der Waals surface area contributed by atoms with Gasteiger partial charge in [-0.1, -0.05) is 13.8 Å². The van der Waals surface area contributed by atoms with Crippen LogP contribution < -0.4 is 0 Å². The summed E-state index contributed by atoms with van der Waals surface area (Å²) in [6.07, 6.45) is 3.21. The molecule has 0 aromatic carbocycles. The highest BCUT2D eigenvalue weighted by atomic mass is 32.1. The molecule has 0 aliphatic rings. The van der Waals surface area contributed by atoms with Crippen LogP contribution in [0.25, 0.3) is 0 Å². The van der Waals surface area contributed by atoms with E-state index in [2.05, 4.69) is 25.3 Å². The minimum Gasteiger partial charge on any atom is -0.452 e. The number of unbranched alkanes of at least 4 members (excludes halogenated alkanes) is 1. The van der Waals surface area contributed by atoms with Gasteiger partial charge in [-0.15, -0.1) is 25.3 Å². The smallest absolute Gasteiger partial charge is 0.306 e. The van der Waals surface area contributed by atoms with Gasteiger partial charge >= 0.3 is 11.9 Å². The number of rotatable bonds is 9. The molecule has 6 heteroatoms. The Labute approximate surface area is 120 Å². The monoisotopic (exact) mass is 294 g/mol. The molecule has 0 spiro atoms. The molecule has 0 fully saturated rings. The number of hydrogen-bond acceptors (Lipinski definition) is 6. The van der Waals surface area contributed by atoms with Crippen molar-refractivity contribution >= 4 is 37.2 Å². The number of hydrogen-bond donors (Lipinski definition) is 2. The van der Waals surface area contributed by atoms with E-state index < -0.39 is 0 Å². The number of esters is 2. The van der Waals surface area contributed by atoms with Gasteiger partial charge in [0.2, 0.25) is 0 Å². The molecule has 0 N–H and O–H groups in total. The van der Waals surface area contributed by atoms with Crippen molar-refractivity contribution in [2.45, 2.75) is 63.2 Å². The van der Waals surface area contributed by atoms with Crippen LogP contribution in [0.2, 0.25) is 0 Å². The van der Waals surface area contributed by atoms with Gasteiger partial charge in [0.15, 0.2) is 0 Å². The highest BCUT2D eigenvalue weighted by Crippen LogP contribution is 2.09. The first-order valence-corrected chi connectivity index (χ1v) is 7.27. The van der Waals surface area contributed by atoms with Crippen molar-refractivity contribution < 1.29 is 19.1 Å². The molecule has 0 amide bonds. The van der Waals surface area contributed by atoms with Crippen LogP contribution in [0.5, 0.6) is 0 Å². The molecule has 2 atom stereocenters. The first-order chi connectivity index (χ1) is 8.49. The zero-order valence-corrected chi connectivity index (χ0v) is 12.7. The van der Waals surface area contributed by atoms with Crippen LogP contribution in [0.4, 0.5) is 0 Å². The highest BCUT2D eigenvalue weighted by Gasteiger charge is 2.10. The van der Waals surface area contributed by atoms with E-state index in [1.165, 1.54) is 0 Å². The molecule has 4 nitrogen and oxygen atoms in total. The summed E-state index contributed by atoms with van der Waals surface area (Å²) in [5, 5.41) is 0. The second-order valence-corrected chi connectivity index (χ2v) is 5.06. The van der Waals surface area contributed by atoms with Gasteiger partial charge in [-0.3, -0.25) is 9.59 Å². The van der Waals surface area contributed by atoms with Crippen molar-refractivity contribution in [3.63, 3.8) is 0 Å². The van der Waals surface area contributed by atoms with Crippen molar-refractivity contribution in [2.75, 3.05) is 0 Å². The number of carbonyl (C=O) groups excluding carboxylic acids is 2. The van der Waals surface area contributed by atoms with Crippen LogP contribution >= 0.6 is 25.3 Å². The molecule has 0 radical (unpaired) electrons. The lowest BCUT2D eigenvalue weighted by atomic mass is 10.2. The Kier molecular flexibility index (Phi) is 10.3. The first-order valence-electron chi connectivity index (χ1n) is 6.24. The Morgan fingerprint density at radius 3 is 1.50 bits per heavy atom. The van der Waals surface area contributed by atoms with Crippen LogP contribution in [0.3, 0.4) is 0 Å². The van der Waals surface area contributed by atoms with Gasteiger partial charge in [-0.2, -0.15) is 0 Å². The topological polar surface area (TPSA) is 52.6 Å². The Hall–Kier alpha value is -0.360. The lowest BCUT2D eigenvalue weighted by molar-refractivity contribution is -0.147. The van der Waals surface area contributed by atoms with Gasteiger partial charge in [0.05, 0.1) is 0 Å². The predicted molar refractivity (Wildman–Crippen MR) is 76.8 cm³/mol. The molecule has 0 saturated heterocycles. The van der Waals surface area contributed by atoms with Crippen LogP contribution in [0.1, 0.15) is 52.4 Å². The van der Waals surface area contributed by atoms with E-state index >= 15 is 0 Å². The molecule has 0 aromatic heterocycles. The molecular weight excluding hydrogens is 272 g/mol. The lowest BCUT2D eigenvalue weighted by Gasteiger charge is -2.10. The van der Waals surface area contributed by atoms with Crippen LogP contribution in [0, 0.1) is 0 Å². The van der Waals surface area contributed by atoms with Gasteiger partial charge in [-0.25, -0.2) is 0 Å². The molecule has 0 aliphatic heterocycles. The van der Waals surface area contributed by atoms with Gasteiger partial charge in [0.25, 0.3) is 0 Å². The third kappa shape index (κ3) is 9.65. The standard InChI is InChI=1S/C12H22O4S2/c1-3-11(17)15-9(13)7-5-6-8-10(14)16-12(18)4-2/h11-12,17-18H,3-8H2,1-2H3. The number of thiol groups is 2. The lowest BCUT2D eigenvalue weighted by Crippen LogP contribution is -2.13. The highest BCUT2D eigenvalue weighted by molar-refractivity contribution is 7.80. The maximum atomic E-state index is 11.3. The third-order valence-corrected chi connectivity index (χ3v) is 3.19. The molecule has 0 aliphatic carbocycles. The molecule has 0 saturated carbocycles. The Morgan fingerprint density at radius 2 is 1.22 bits per heavy atom. The van der Waals surface area contributed by atoms with Crippen molar-refractivity contribution in [3.05, 3.63) is 0 Å². The average Bonchev–Trinajstić information content (AvgIpc) is 2.34. The molecule has 0 bridgehead atoms. The largest absolute Gasteiger partial charge is 0.452 e. The second kappa shape index (κ2) is 10.6. The fourth-order valence-electron chi connectivity index (χ4n) is 1.13. The summed E-state index contributed by atoms with van der Waals surface area (Å²) in [6, 6.07) is 0. The SMILES string of the molecule is CCC(S)OC(=O)CCCCC(=O)OC(S)CC. The van der Waals surface area contributed by atoms with Gasteiger partial charge in [-0.05, 0) is 25.7 Å². The van der Waals surface area contributed by atoms with Crippen LogP contribution in [0.15, 0.2) is 0 Å². The van der Waals surface area contributed by atoms with Gasteiger partial charge in [0, 0.05) is 12.8 Å². The fourth-order valence-corrected chi connectivity index (χ4v) is 1.36. The molecule has 2 unspecified atom stereocenters. The van der Waals surface area contributed by atoms with Crippen molar-refractivity contribution in [1.82, 2.24) is 0 Å². The normalized spacial score (nSPS) is 13.8. The molecule has 0 rings (SSSR count). The second-order valence-electron chi connectivity index (χ2n) is 3.91. The first kappa shape index (κ1) is 17.6. The van der Waals surface area contributed by atoms with E-state index in [0.29, 0.717) is 38.5 Å². The van der Waals surface area contributed by atoms with E-state index in [9.17, 15) is 9.59 Å². The Morgan fingerprint density at radius 1 is 0.889 bits per heavy atom. The van der Waals surface area contributed by atoms with Gasteiger partial charge in [0.1, 0.15) is 10.9 Å². The molecule has 18 heavy (non-hydrogen) atoms. The zero-order chi connectivity index (χ0) is 14.0. The number of ether oxygens (including phenoxy) is 2. The third-order valence-electron chi connectivity index (χ3n) is 2.25. The average molecular weight is 294 g/mol. The summed E-state index contributed by atoms with van der Waals surface area (Å²) >= 11 is 8.14. The van der Waals surface area contributed by atoms with E-state index in [-0.39, 0.29) is 22.8 Å². The summed E-state index contributed by atoms with van der Waals surface area (Å²) in [5.74, 6) is -0.545. The minimum absolute atomic E-state index is 0.272. The Bertz CT molecular complexity index is 232. The molecule has 106 valence electrons. The van der Waals surface area contributed by atoms with Crippen LogP contribution in [-0.4, -0.2) is 22.8 Å². The van der Waals surface area contributed by atoms with Gasteiger partial charge < -0.3 is 9.47 Å². The maximum absolute atomic E-state index is 11.3. The minimum atomic E-state index is -0.336. The van der Waals surface area contributed by atoms with Crippen molar-refractivity contribution in [3.8, 4) is 0 Å². The summed E-state index contributed by atoms with van der Waals surface area (Å²) < 4.78 is 9.97. The van der Waals surface area contributed by atoms with Crippen molar-refractivity contribution in [1.29, 1.82) is 0 Å². The summed E-state index contributed by atoms with van der Waals surface area (Å²) in [7, 11) is 0. The van der Waals surface area contributed by atoms with E-state index in [0.717, 1.165) is 0 Å². The van der Waals surface area contributed by atoms with E-state index in [1.54, 1.807) is 0 Å². The summed E-state index contributed by atoms with van der Waals surface area (Å²) in [4.78, 5) is 22.6. The predicted octanol–water partition coefficient (Wildman–Crippen LogP) is 2.97. The Balaban J connectivity index is 3.55. The summed E-state index contributed by atoms with van der Waals surface area (Å²) in [6.45, 7) is 3.78.